The smallest absolute Gasteiger partial charge is 0.235 e. The van der Waals surface area contributed by atoms with Crippen molar-refractivity contribution in [2.75, 3.05) is 0 Å². The zero-order valence-corrected chi connectivity index (χ0v) is 23.8. The van der Waals surface area contributed by atoms with Crippen LogP contribution in [0.2, 0.25) is 0 Å². The van der Waals surface area contributed by atoms with Gasteiger partial charge in [-0.1, -0.05) is 84.9 Å². The fourth-order valence-electron chi connectivity index (χ4n) is 7.52. The van der Waals surface area contributed by atoms with Crippen LogP contribution in [0.3, 0.4) is 0 Å². The molecule has 0 spiro atoms. The van der Waals surface area contributed by atoms with Crippen LogP contribution >= 0.6 is 0 Å². The summed E-state index contributed by atoms with van der Waals surface area (Å²) in [5.41, 5.74) is 8.30. The predicted molar refractivity (Wildman–Crippen MR) is 183 cm³/mol. The average Bonchev–Trinajstić information content (AvgIpc) is 3.59. The molecule has 0 saturated carbocycles. The molecule has 0 unspecified atom stereocenters. The van der Waals surface area contributed by atoms with E-state index in [-0.39, 0.29) is 0 Å². The molecule has 11 rings (SSSR count). The first kappa shape index (κ1) is 23.3. The number of para-hydroxylation sites is 2. The van der Waals surface area contributed by atoms with Crippen molar-refractivity contribution in [1.82, 2.24) is 14.5 Å². The molecule has 208 valence electrons. The van der Waals surface area contributed by atoms with Gasteiger partial charge in [-0.15, -0.1) is 0 Å². The van der Waals surface area contributed by atoms with Crippen LogP contribution in [-0.4, -0.2) is 14.5 Å². The number of nitrogens with zero attached hydrogens (tertiary/aromatic N) is 3. The molecule has 4 aromatic heterocycles. The van der Waals surface area contributed by atoms with Crippen molar-refractivity contribution in [3.8, 4) is 17.2 Å². The zero-order chi connectivity index (χ0) is 29.2. The van der Waals surface area contributed by atoms with Crippen LogP contribution in [0.25, 0.3) is 105 Å². The minimum absolute atomic E-state index is 0.628. The lowest BCUT2D eigenvalue weighted by Crippen LogP contribution is -2.03. The molecule has 0 aliphatic heterocycles. The number of benzene rings is 7. The van der Waals surface area contributed by atoms with Crippen molar-refractivity contribution in [2.24, 2.45) is 0 Å². The second-order valence-electron chi connectivity index (χ2n) is 11.7. The van der Waals surface area contributed by atoms with Crippen LogP contribution in [0.1, 0.15) is 0 Å². The lowest BCUT2D eigenvalue weighted by atomic mass is 10.00. The van der Waals surface area contributed by atoms with Gasteiger partial charge in [0.05, 0.1) is 22.2 Å². The summed E-state index contributed by atoms with van der Waals surface area (Å²) in [5, 5.41) is 9.95. The van der Waals surface area contributed by atoms with Crippen LogP contribution < -0.4 is 0 Å². The number of rotatable bonds is 2. The Morgan fingerprint density at radius 1 is 0.422 bits per heavy atom. The van der Waals surface area contributed by atoms with E-state index in [1.54, 1.807) is 0 Å². The molecule has 45 heavy (non-hydrogen) atoms. The first-order valence-electron chi connectivity index (χ1n) is 15.1. The van der Waals surface area contributed by atoms with Gasteiger partial charge in [-0.05, 0) is 53.2 Å². The van der Waals surface area contributed by atoms with Crippen LogP contribution in [-0.2, 0) is 0 Å². The van der Waals surface area contributed by atoms with Gasteiger partial charge in [0, 0.05) is 43.3 Å². The highest BCUT2D eigenvalue weighted by molar-refractivity contribution is 6.33. The van der Waals surface area contributed by atoms with Crippen molar-refractivity contribution < 1.29 is 8.83 Å². The maximum atomic E-state index is 6.61. The molecule has 7 aromatic carbocycles. The van der Waals surface area contributed by atoms with Gasteiger partial charge in [0.25, 0.3) is 0 Å². The monoisotopic (exact) mass is 575 g/mol. The third-order valence-corrected chi connectivity index (χ3v) is 9.37. The van der Waals surface area contributed by atoms with E-state index in [1.165, 1.54) is 0 Å². The summed E-state index contributed by atoms with van der Waals surface area (Å²) in [6.45, 7) is 0. The Morgan fingerprint density at radius 3 is 1.73 bits per heavy atom. The summed E-state index contributed by atoms with van der Waals surface area (Å²) < 4.78 is 15.1. The highest BCUT2D eigenvalue weighted by Gasteiger charge is 2.24. The number of furan rings is 1. The molecule has 0 aliphatic rings. The number of fused-ring (bicyclic) bond motifs is 4. The third kappa shape index (κ3) is 2.97. The molecule has 0 amide bonds. The summed E-state index contributed by atoms with van der Waals surface area (Å²) in [6.07, 6.45) is 0. The Labute approximate surface area is 254 Å². The lowest BCUT2D eigenvalue weighted by molar-refractivity contribution is 0.664. The maximum Gasteiger partial charge on any atom is 0.235 e. The van der Waals surface area contributed by atoms with E-state index >= 15 is 0 Å². The zero-order valence-electron chi connectivity index (χ0n) is 23.8. The van der Waals surface area contributed by atoms with E-state index in [2.05, 4.69) is 102 Å². The van der Waals surface area contributed by atoms with Crippen LogP contribution in [0.4, 0.5) is 0 Å². The van der Waals surface area contributed by atoms with Crippen molar-refractivity contribution in [3.05, 3.63) is 127 Å². The second kappa shape index (κ2) is 8.24. The van der Waals surface area contributed by atoms with E-state index in [1.807, 2.05) is 30.3 Å². The van der Waals surface area contributed by atoms with Crippen LogP contribution in [0.15, 0.2) is 136 Å². The quantitative estimate of drug-likeness (QED) is 0.206. The van der Waals surface area contributed by atoms with Gasteiger partial charge in [0.2, 0.25) is 5.95 Å². The fraction of sp³-hybridized carbons (Fsp3) is 0. The van der Waals surface area contributed by atoms with Gasteiger partial charge in [0.1, 0.15) is 22.3 Å². The number of hydrogen-bond donors (Lipinski definition) is 0. The first-order valence-corrected chi connectivity index (χ1v) is 15.1. The molecule has 0 radical (unpaired) electrons. The number of aromatic nitrogens is 3. The molecule has 0 fully saturated rings. The van der Waals surface area contributed by atoms with Crippen molar-refractivity contribution in [1.29, 1.82) is 0 Å². The van der Waals surface area contributed by atoms with Gasteiger partial charge >= 0.3 is 0 Å². The minimum atomic E-state index is 0.628. The Hall–Kier alpha value is -6.20. The maximum absolute atomic E-state index is 6.61. The second-order valence-corrected chi connectivity index (χ2v) is 11.7. The summed E-state index contributed by atoms with van der Waals surface area (Å²) in [5.74, 6) is 0.628. The summed E-state index contributed by atoms with van der Waals surface area (Å²) in [6, 6.07) is 44.0. The minimum Gasteiger partial charge on any atom is -0.456 e. The molecular formula is C40H21N3O2. The van der Waals surface area contributed by atoms with Gasteiger partial charge in [-0.25, -0.2) is 9.97 Å². The average molecular weight is 576 g/mol. The van der Waals surface area contributed by atoms with Crippen LogP contribution in [0, 0.1) is 0 Å². The Morgan fingerprint density at radius 2 is 1.00 bits per heavy atom. The van der Waals surface area contributed by atoms with Crippen molar-refractivity contribution in [2.45, 2.75) is 0 Å². The van der Waals surface area contributed by atoms with E-state index in [9.17, 15) is 0 Å². The SMILES string of the molecule is c1ccc2c(-c3cccc4oc5ccccc5c34)nc(-n3c4ccc5cccc6oc7cccc8ccc3c(c87)c4c56)nc2c1. The van der Waals surface area contributed by atoms with E-state index in [4.69, 9.17) is 18.8 Å². The first-order chi connectivity index (χ1) is 22.3. The molecule has 4 heterocycles. The highest BCUT2D eigenvalue weighted by Crippen LogP contribution is 2.45. The molecule has 0 N–H and O–H groups in total. The molecule has 0 saturated heterocycles. The Bertz CT molecular complexity index is 2890. The van der Waals surface area contributed by atoms with Crippen LogP contribution in [0.5, 0.6) is 0 Å². The summed E-state index contributed by atoms with van der Waals surface area (Å²) >= 11 is 0. The topological polar surface area (TPSA) is 57.0 Å². The van der Waals surface area contributed by atoms with E-state index < -0.39 is 0 Å². The van der Waals surface area contributed by atoms with Crippen molar-refractivity contribution in [3.63, 3.8) is 0 Å². The van der Waals surface area contributed by atoms with Gasteiger partial charge < -0.3 is 8.83 Å². The summed E-state index contributed by atoms with van der Waals surface area (Å²) in [7, 11) is 0. The normalized spacial score (nSPS) is 12.4. The van der Waals surface area contributed by atoms with Crippen molar-refractivity contribution >= 4 is 87.4 Å². The van der Waals surface area contributed by atoms with E-state index in [0.717, 1.165) is 98.6 Å². The highest BCUT2D eigenvalue weighted by atomic mass is 16.3. The molecule has 11 aromatic rings. The van der Waals surface area contributed by atoms with E-state index in [0.29, 0.717) is 5.95 Å². The fourth-order valence-corrected chi connectivity index (χ4v) is 7.52. The lowest BCUT2D eigenvalue weighted by Gasteiger charge is -2.13. The van der Waals surface area contributed by atoms with Gasteiger partial charge in [-0.3, -0.25) is 4.57 Å². The largest absolute Gasteiger partial charge is 0.456 e. The molecule has 0 bridgehead atoms. The van der Waals surface area contributed by atoms with Gasteiger partial charge in [0.15, 0.2) is 0 Å². The molecule has 0 atom stereocenters. The summed E-state index contributed by atoms with van der Waals surface area (Å²) in [4.78, 5) is 10.7. The van der Waals surface area contributed by atoms with Gasteiger partial charge in [-0.2, -0.15) is 0 Å². The third-order valence-electron chi connectivity index (χ3n) is 9.37. The molecule has 0 aliphatic carbocycles. The number of hydrogen-bond acceptors (Lipinski definition) is 4. The Kier molecular flexibility index (Phi) is 4.26. The molecule has 5 nitrogen and oxygen atoms in total. The molecular weight excluding hydrogens is 554 g/mol. The standard InChI is InChI=1S/C40H21N3O2/c1-3-13-27-24(10-1)39(26-12-7-17-33-36(26)25-11-2-4-14-30(25)44-33)42-40(41-27)43-28-20-18-22-8-5-15-31-34(22)37(28)38-29(43)21-19-23-9-6-16-32(45-31)35(23)38/h1-21H. The Balaban J connectivity index is 1.33. The predicted octanol–water partition coefficient (Wildman–Crippen LogP) is 10.8. The molecule has 5 heteroatoms.